The number of imidazole rings is 1. The quantitative estimate of drug-likeness (QED) is 0.387. The number of aromatic nitrogens is 5. The van der Waals surface area contributed by atoms with Crippen LogP contribution in [0.4, 0.5) is 0 Å². The highest BCUT2D eigenvalue weighted by molar-refractivity contribution is 6.21. The SMILES string of the molecule is O=C1c2ccccc2C(=O)N1CCc1nc2ncccc2c(=O)n1CCc1ccc2nc[nH]c2c1. The number of amides is 2. The maximum atomic E-state index is 13.4. The average molecular weight is 464 g/mol. The minimum absolute atomic E-state index is 0.122. The molecule has 2 amide bonds. The van der Waals surface area contributed by atoms with Crippen molar-refractivity contribution in [2.75, 3.05) is 6.54 Å². The summed E-state index contributed by atoms with van der Waals surface area (Å²) in [6.45, 7) is 0.519. The first-order chi connectivity index (χ1) is 17.1. The van der Waals surface area contributed by atoms with Crippen molar-refractivity contribution in [2.24, 2.45) is 0 Å². The molecule has 1 aliphatic rings. The Labute approximate surface area is 199 Å². The van der Waals surface area contributed by atoms with E-state index in [1.807, 2.05) is 18.2 Å². The number of pyridine rings is 1. The van der Waals surface area contributed by atoms with Gasteiger partial charge in [0.05, 0.1) is 33.9 Å². The number of nitrogens with zero attached hydrogens (tertiary/aromatic N) is 5. The summed E-state index contributed by atoms with van der Waals surface area (Å²) in [7, 11) is 0. The van der Waals surface area contributed by atoms with Gasteiger partial charge < -0.3 is 4.98 Å². The van der Waals surface area contributed by atoms with Gasteiger partial charge in [-0.3, -0.25) is 23.9 Å². The zero-order valence-corrected chi connectivity index (χ0v) is 18.6. The largest absolute Gasteiger partial charge is 0.345 e. The molecule has 0 fully saturated rings. The molecule has 0 saturated carbocycles. The fourth-order valence-electron chi connectivity index (χ4n) is 4.55. The van der Waals surface area contributed by atoms with Crippen molar-refractivity contribution < 1.29 is 9.59 Å². The van der Waals surface area contributed by atoms with Gasteiger partial charge in [-0.2, -0.15) is 0 Å². The second kappa shape index (κ2) is 8.28. The molecule has 0 bridgehead atoms. The number of carbonyl (C=O) groups excluding carboxylic acids is 2. The van der Waals surface area contributed by atoms with Crippen LogP contribution in [0.5, 0.6) is 0 Å². The Balaban J connectivity index is 1.31. The lowest BCUT2D eigenvalue weighted by atomic mass is 10.1. The van der Waals surface area contributed by atoms with E-state index in [0.717, 1.165) is 16.6 Å². The number of aryl methyl sites for hydroxylation is 1. The normalized spacial score (nSPS) is 13.2. The molecule has 2 aromatic carbocycles. The third-order valence-electron chi connectivity index (χ3n) is 6.35. The fraction of sp³-hybridized carbons (Fsp3) is 0.154. The third-order valence-corrected chi connectivity index (χ3v) is 6.35. The molecule has 0 unspecified atom stereocenters. The van der Waals surface area contributed by atoms with Crippen molar-refractivity contribution in [3.8, 4) is 0 Å². The number of fused-ring (bicyclic) bond motifs is 3. The van der Waals surface area contributed by atoms with E-state index in [1.165, 1.54) is 4.90 Å². The molecule has 0 radical (unpaired) electrons. The molecule has 0 saturated heterocycles. The molecule has 4 heterocycles. The van der Waals surface area contributed by atoms with E-state index in [2.05, 4.69) is 19.9 Å². The van der Waals surface area contributed by atoms with Gasteiger partial charge in [0.1, 0.15) is 5.82 Å². The number of rotatable bonds is 6. The van der Waals surface area contributed by atoms with E-state index < -0.39 is 0 Å². The van der Waals surface area contributed by atoms with E-state index in [1.54, 1.807) is 53.5 Å². The Kier molecular flexibility index (Phi) is 4.95. The summed E-state index contributed by atoms with van der Waals surface area (Å²) >= 11 is 0. The van der Waals surface area contributed by atoms with Crippen molar-refractivity contribution in [3.63, 3.8) is 0 Å². The molecule has 1 aliphatic heterocycles. The van der Waals surface area contributed by atoms with Crippen LogP contribution in [0.3, 0.4) is 0 Å². The zero-order valence-electron chi connectivity index (χ0n) is 18.6. The van der Waals surface area contributed by atoms with E-state index in [9.17, 15) is 14.4 Å². The van der Waals surface area contributed by atoms with Crippen LogP contribution in [-0.2, 0) is 19.4 Å². The van der Waals surface area contributed by atoms with Crippen LogP contribution >= 0.6 is 0 Å². The predicted octanol–water partition coefficient (Wildman–Crippen LogP) is 2.75. The van der Waals surface area contributed by atoms with Crippen LogP contribution in [0.25, 0.3) is 22.1 Å². The second-order valence-electron chi connectivity index (χ2n) is 8.42. The van der Waals surface area contributed by atoms with Crippen molar-refractivity contribution >= 4 is 33.9 Å². The van der Waals surface area contributed by atoms with Crippen molar-refractivity contribution in [3.05, 3.63) is 100.0 Å². The molecule has 3 aromatic heterocycles. The first kappa shape index (κ1) is 20.9. The van der Waals surface area contributed by atoms with Gasteiger partial charge in [-0.1, -0.05) is 18.2 Å². The number of benzene rings is 2. The maximum absolute atomic E-state index is 13.4. The maximum Gasteiger partial charge on any atom is 0.263 e. The van der Waals surface area contributed by atoms with Crippen LogP contribution in [-0.4, -0.2) is 47.8 Å². The van der Waals surface area contributed by atoms with E-state index >= 15 is 0 Å². The van der Waals surface area contributed by atoms with Crippen LogP contribution in [0, 0.1) is 0 Å². The van der Waals surface area contributed by atoms with Crippen molar-refractivity contribution in [1.29, 1.82) is 0 Å². The van der Waals surface area contributed by atoms with Gasteiger partial charge in [-0.15, -0.1) is 0 Å². The molecule has 172 valence electrons. The average Bonchev–Trinajstić information content (AvgIpc) is 3.45. The van der Waals surface area contributed by atoms with Gasteiger partial charge in [-0.05, 0) is 48.4 Å². The van der Waals surface area contributed by atoms with Gasteiger partial charge in [-0.25, -0.2) is 15.0 Å². The summed E-state index contributed by atoms with van der Waals surface area (Å²) in [6, 6.07) is 16.1. The van der Waals surface area contributed by atoms with Gasteiger partial charge >= 0.3 is 0 Å². The smallest absolute Gasteiger partial charge is 0.263 e. The summed E-state index contributed by atoms with van der Waals surface area (Å²) in [5.74, 6) is -0.169. The van der Waals surface area contributed by atoms with E-state index in [4.69, 9.17) is 0 Å². The molecular formula is C26H20N6O3. The number of carbonyl (C=O) groups is 2. The molecule has 6 rings (SSSR count). The van der Waals surface area contributed by atoms with Crippen LogP contribution in [0.2, 0.25) is 0 Å². The van der Waals surface area contributed by atoms with Gasteiger partial charge in [0.25, 0.3) is 17.4 Å². The summed E-state index contributed by atoms with van der Waals surface area (Å²) in [6.07, 6.45) is 4.08. The van der Waals surface area contributed by atoms with E-state index in [-0.39, 0.29) is 30.3 Å². The number of aromatic amines is 1. The Morgan fingerprint density at radius 3 is 2.43 bits per heavy atom. The molecule has 0 spiro atoms. The minimum Gasteiger partial charge on any atom is -0.345 e. The lowest BCUT2D eigenvalue weighted by Crippen LogP contribution is -2.34. The molecule has 1 N–H and O–H groups in total. The van der Waals surface area contributed by atoms with Gasteiger partial charge in [0.2, 0.25) is 0 Å². The summed E-state index contributed by atoms with van der Waals surface area (Å²) in [5.41, 5.74) is 3.82. The highest BCUT2D eigenvalue weighted by Crippen LogP contribution is 2.22. The standard InChI is InChI=1S/C26H20N6O3/c33-24-17-4-1-2-5-18(17)25(34)32(24)13-10-22-30-23-19(6-3-11-27-23)26(35)31(22)12-9-16-7-8-20-21(14-16)29-15-28-20/h1-8,11,14-15H,9-10,12-13H2,(H,28,29). The summed E-state index contributed by atoms with van der Waals surface area (Å²) < 4.78 is 1.62. The first-order valence-electron chi connectivity index (χ1n) is 11.3. The number of imide groups is 1. The summed E-state index contributed by atoms with van der Waals surface area (Å²) in [5, 5.41) is 0.431. The minimum atomic E-state index is -0.328. The molecule has 5 aromatic rings. The molecule has 0 aliphatic carbocycles. The van der Waals surface area contributed by atoms with Crippen molar-refractivity contribution in [1.82, 2.24) is 29.4 Å². The highest BCUT2D eigenvalue weighted by atomic mass is 16.2. The fourth-order valence-corrected chi connectivity index (χ4v) is 4.55. The molecule has 35 heavy (non-hydrogen) atoms. The molecule has 0 atom stereocenters. The highest BCUT2D eigenvalue weighted by Gasteiger charge is 2.34. The van der Waals surface area contributed by atoms with Gasteiger partial charge in [0.15, 0.2) is 5.65 Å². The number of hydrogen-bond donors (Lipinski definition) is 1. The molecule has 9 nitrogen and oxygen atoms in total. The first-order valence-corrected chi connectivity index (χ1v) is 11.3. The third kappa shape index (κ3) is 3.57. The Bertz CT molecular complexity index is 1650. The predicted molar refractivity (Wildman–Crippen MR) is 129 cm³/mol. The Hall–Kier alpha value is -4.66. The monoisotopic (exact) mass is 464 g/mol. The van der Waals surface area contributed by atoms with Crippen LogP contribution in [0.1, 0.15) is 32.1 Å². The number of hydrogen-bond acceptors (Lipinski definition) is 6. The molecule has 9 heteroatoms. The van der Waals surface area contributed by atoms with Gasteiger partial charge in [0, 0.05) is 25.7 Å². The number of nitrogens with one attached hydrogen (secondary N) is 1. The lowest BCUT2D eigenvalue weighted by molar-refractivity contribution is 0.0655. The van der Waals surface area contributed by atoms with Crippen LogP contribution < -0.4 is 5.56 Å². The Morgan fingerprint density at radius 2 is 1.63 bits per heavy atom. The zero-order chi connectivity index (χ0) is 23.9. The Morgan fingerprint density at radius 1 is 0.829 bits per heavy atom. The van der Waals surface area contributed by atoms with E-state index in [0.29, 0.717) is 41.0 Å². The van der Waals surface area contributed by atoms with Crippen LogP contribution in [0.15, 0.2) is 71.9 Å². The number of H-pyrrole nitrogens is 1. The topological polar surface area (TPSA) is 114 Å². The van der Waals surface area contributed by atoms with Crippen molar-refractivity contribution in [2.45, 2.75) is 19.4 Å². The second-order valence-corrected chi connectivity index (χ2v) is 8.42. The lowest BCUT2D eigenvalue weighted by Gasteiger charge is -2.17. The summed E-state index contributed by atoms with van der Waals surface area (Å²) in [4.78, 5) is 56.4. The molecular weight excluding hydrogens is 444 g/mol.